The van der Waals surface area contributed by atoms with Crippen LogP contribution >= 0.6 is 11.3 Å². The van der Waals surface area contributed by atoms with Crippen molar-refractivity contribution in [2.75, 3.05) is 13.1 Å². The molecule has 1 amide bonds. The average molecular weight is 238 g/mol. The molecule has 0 aliphatic carbocycles. The smallest absolute Gasteiger partial charge is 0.220 e. The van der Waals surface area contributed by atoms with Gasteiger partial charge in [0.05, 0.1) is 0 Å². The second-order valence-corrected chi connectivity index (χ2v) is 5.21. The molecule has 1 aromatic heterocycles. The first-order chi connectivity index (χ1) is 7.84. The quantitative estimate of drug-likeness (QED) is 0.817. The van der Waals surface area contributed by atoms with Crippen molar-refractivity contribution in [2.24, 2.45) is 0 Å². The van der Waals surface area contributed by atoms with E-state index in [9.17, 15) is 4.79 Å². The highest BCUT2D eigenvalue weighted by Gasteiger charge is 2.14. The molecule has 1 fully saturated rings. The van der Waals surface area contributed by atoms with Gasteiger partial charge in [-0.1, -0.05) is 6.07 Å². The molecular weight excluding hydrogens is 220 g/mol. The summed E-state index contributed by atoms with van der Waals surface area (Å²) in [5.74, 6) is 0.169. The third-order valence-electron chi connectivity index (χ3n) is 2.89. The number of hydrogen-bond acceptors (Lipinski definition) is 3. The van der Waals surface area contributed by atoms with Gasteiger partial charge in [-0.2, -0.15) is 0 Å². The van der Waals surface area contributed by atoms with Crippen LogP contribution in [-0.2, 0) is 11.2 Å². The minimum absolute atomic E-state index is 0.169. The van der Waals surface area contributed by atoms with Crippen LogP contribution in [0.2, 0.25) is 0 Å². The van der Waals surface area contributed by atoms with E-state index in [0.717, 1.165) is 19.5 Å². The number of carbonyl (C=O) groups excluding carboxylic acids is 1. The van der Waals surface area contributed by atoms with Gasteiger partial charge in [0.2, 0.25) is 5.91 Å². The monoisotopic (exact) mass is 238 g/mol. The summed E-state index contributed by atoms with van der Waals surface area (Å²) in [4.78, 5) is 12.8. The largest absolute Gasteiger partial charge is 0.355 e. The zero-order valence-electron chi connectivity index (χ0n) is 9.37. The summed E-state index contributed by atoms with van der Waals surface area (Å²) >= 11 is 1.72. The highest BCUT2D eigenvalue weighted by atomic mass is 32.1. The summed E-state index contributed by atoms with van der Waals surface area (Å²) in [6.07, 6.45) is 3.88. The Morgan fingerprint density at radius 2 is 2.56 bits per heavy atom. The van der Waals surface area contributed by atoms with Crippen LogP contribution < -0.4 is 10.6 Å². The van der Waals surface area contributed by atoms with E-state index >= 15 is 0 Å². The van der Waals surface area contributed by atoms with Gasteiger partial charge in [-0.3, -0.25) is 4.79 Å². The van der Waals surface area contributed by atoms with Crippen molar-refractivity contribution in [1.82, 2.24) is 10.6 Å². The second kappa shape index (κ2) is 6.01. The zero-order valence-corrected chi connectivity index (χ0v) is 10.2. The van der Waals surface area contributed by atoms with E-state index in [2.05, 4.69) is 22.1 Å². The van der Waals surface area contributed by atoms with Crippen molar-refractivity contribution in [3.63, 3.8) is 0 Å². The first-order valence-electron chi connectivity index (χ1n) is 5.87. The van der Waals surface area contributed by atoms with Crippen molar-refractivity contribution in [2.45, 2.75) is 31.7 Å². The van der Waals surface area contributed by atoms with Crippen LogP contribution in [0.3, 0.4) is 0 Å². The average Bonchev–Trinajstić information content (AvgIpc) is 2.96. The molecule has 1 unspecified atom stereocenters. The molecule has 88 valence electrons. The summed E-state index contributed by atoms with van der Waals surface area (Å²) in [6, 6.07) is 4.60. The molecule has 1 aliphatic heterocycles. The van der Waals surface area contributed by atoms with E-state index in [0.29, 0.717) is 12.5 Å². The molecule has 0 radical (unpaired) electrons. The number of rotatable bonds is 5. The van der Waals surface area contributed by atoms with Gasteiger partial charge < -0.3 is 10.6 Å². The summed E-state index contributed by atoms with van der Waals surface area (Å²) < 4.78 is 0. The first-order valence-corrected chi connectivity index (χ1v) is 6.75. The van der Waals surface area contributed by atoms with Crippen LogP contribution in [0.1, 0.15) is 24.1 Å². The maximum absolute atomic E-state index is 11.6. The number of carbonyl (C=O) groups is 1. The molecule has 1 aliphatic rings. The van der Waals surface area contributed by atoms with Crippen molar-refractivity contribution in [3.8, 4) is 0 Å². The summed E-state index contributed by atoms with van der Waals surface area (Å²) in [7, 11) is 0. The molecule has 0 bridgehead atoms. The maximum Gasteiger partial charge on any atom is 0.220 e. The first kappa shape index (κ1) is 11.6. The van der Waals surface area contributed by atoms with E-state index < -0.39 is 0 Å². The fourth-order valence-electron chi connectivity index (χ4n) is 1.95. The normalized spacial score (nSPS) is 19.9. The minimum Gasteiger partial charge on any atom is -0.355 e. The lowest BCUT2D eigenvalue weighted by atomic mass is 10.2. The molecular formula is C12H18N2OS. The standard InChI is InChI=1S/C12H18N2OS/c15-12(6-5-11-4-2-8-16-11)14-9-10-3-1-7-13-10/h2,4,8,10,13H,1,3,5-7,9H2,(H,14,15). The van der Waals surface area contributed by atoms with E-state index in [1.807, 2.05) is 6.07 Å². The van der Waals surface area contributed by atoms with Crippen LogP contribution in [0.25, 0.3) is 0 Å². The SMILES string of the molecule is O=C(CCc1cccs1)NCC1CCCN1. The van der Waals surface area contributed by atoms with Crippen LogP contribution in [0.4, 0.5) is 0 Å². The van der Waals surface area contributed by atoms with Crippen molar-refractivity contribution in [3.05, 3.63) is 22.4 Å². The van der Waals surface area contributed by atoms with Gasteiger partial charge in [0.25, 0.3) is 0 Å². The van der Waals surface area contributed by atoms with Crippen molar-refractivity contribution < 1.29 is 4.79 Å². The molecule has 0 aromatic carbocycles. The van der Waals surface area contributed by atoms with Gasteiger partial charge in [-0.25, -0.2) is 0 Å². The Morgan fingerprint density at radius 1 is 1.62 bits per heavy atom. The minimum atomic E-state index is 0.169. The van der Waals surface area contributed by atoms with Crippen molar-refractivity contribution in [1.29, 1.82) is 0 Å². The van der Waals surface area contributed by atoms with Gasteiger partial charge in [-0.15, -0.1) is 11.3 Å². The molecule has 2 heterocycles. The third kappa shape index (κ3) is 3.61. The summed E-state index contributed by atoms with van der Waals surface area (Å²) in [6.45, 7) is 1.87. The molecule has 0 saturated carbocycles. The van der Waals surface area contributed by atoms with E-state index in [4.69, 9.17) is 0 Å². The van der Waals surface area contributed by atoms with Gasteiger partial charge in [-0.05, 0) is 37.3 Å². The molecule has 16 heavy (non-hydrogen) atoms. The van der Waals surface area contributed by atoms with Crippen LogP contribution in [0.5, 0.6) is 0 Å². The predicted molar refractivity (Wildman–Crippen MR) is 66.7 cm³/mol. The Bertz CT molecular complexity index is 318. The van der Waals surface area contributed by atoms with E-state index in [-0.39, 0.29) is 5.91 Å². The lowest BCUT2D eigenvalue weighted by molar-refractivity contribution is -0.121. The molecule has 1 atom stereocenters. The van der Waals surface area contributed by atoms with Crippen LogP contribution in [0.15, 0.2) is 17.5 Å². The van der Waals surface area contributed by atoms with Gasteiger partial charge in [0.1, 0.15) is 0 Å². The number of hydrogen-bond donors (Lipinski definition) is 2. The number of thiophene rings is 1. The Balaban J connectivity index is 1.60. The molecule has 2 N–H and O–H groups in total. The molecule has 0 spiro atoms. The Labute approximate surface area is 100 Å². The van der Waals surface area contributed by atoms with E-state index in [1.165, 1.54) is 17.7 Å². The maximum atomic E-state index is 11.6. The van der Waals surface area contributed by atoms with E-state index in [1.54, 1.807) is 11.3 Å². The number of amides is 1. The van der Waals surface area contributed by atoms with Crippen LogP contribution in [-0.4, -0.2) is 25.0 Å². The van der Waals surface area contributed by atoms with Crippen molar-refractivity contribution >= 4 is 17.2 Å². The highest BCUT2D eigenvalue weighted by Crippen LogP contribution is 2.10. The fourth-order valence-corrected chi connectivity index (χ4v) is 2.66. The number of nitrogens with one attached hydrogen (secondary N) is 2. The lowest BCUT2D eigenvalue weighted by Crippen LogP contribution is -2.37. The molecule has 2 rings (SSSR count). The topological polar surface area (TPSA) is 41.1 Å². The third-order valence-corrected chi connectivity index (χ3v) is 3.82. The zero-order chi connectivity index (χ0) is 11.2. The Hall–Kier alpha value is -0.870. The van der Waals surface area contributed by atoms with Gasteiger partial charge >= 0.3 is 0 Å². The Kier molecular flexibility index (Phi) is 4.36. The number of aryl methyl sites for hydroxylation is 1. The highest BCUT2D eigenvalue weighted by molar-refractivity contribution is 7.09. The van der Waals surface area contributed by atoms with Gasteiger partial charge in [0, 0.05) is 23.9 Å². The molecule has 1 saturated heterocycles. The van der Waals surface area contributed by atoms with Gasteiger partial charge in [0.15, 0.2) is 0 Å². The summed E-state index contributed by atoms with van der Waals surface area (Å²) in [5.41, 5.74) is 0. The Morgan fingerprint density at radius 3 is 3.25 bits per heavy atom. The van der Waals surface area contributed by atoms with Crippen LogP contribution in [0, 0.1) is 0 Å². The second-order valence-electron chi connectivity index (χ2n) is 4.18. The molecule has 4 heteroatoms. The fraction of sp³-hybridized carbons (Fsp3) is 0.583. The molecule has 1 aromatic rings. The summed E-state index contributed by atoms with van der Waals surface area (Å²) in [5, 5.41) is 8.41. The molecule has 3 nitrogen and oxygen atoms in total. The lowest BCUT2D eigenvalue weighted by Gasteiger charge is -2.11. The predicted octanol–water partition coefficient (Wildman–Crippen LogP) is 1.55.